The summed E-state index contributed by atoms with van der Waals surface area (Å²) in [5, 5.41) is 1.30. The second-order valence-electron chi connectivity index (χ2n) is 7.72. The Morgan fingerprint density at radius 3 is 2.83 bits per heavy atom. The Hall–Kier alpha value is -1.41. The zero-order chi connectivity index (χ0) is 16.4. The normalized spacial score (nSPS) is 22.8. The van der Waals surface area contributed by atoms with Gasteiger partial charge in [-0.05, 0) is 67.4 Å². The first kappa shape index (κ1) is 16.4. The van der Waals surface area contributed by atoms with Gasteiger partial charge in [-0.25, -0.2) is 0 Å². The van der Waals surface area contributed by atoms with E-state index in [0.29, 0.717) is 11.8 Å². The van der Waals surface area contributed by atoms with E-state index < -0.39 is 0 Å². The van der Waals surface area contributed by atoms with Crippen molar-refractivity contribution < 1.29 is 0 Å². The van der Waals surface area contributed by atoms with Crippen molar-refractivity contribution in [1.29, 1.82) is 0 Å². The van der Waals surface area contributed by atoms with Gasteiger partial charge >= 0.3 is 0 Å². The number of likely N-dealkylation sites (tertiary alicyclic amines) is 1. The highest BCUT2D eigenvalue weighted by atomic mass is 15.1. The zero-order valence-corrected chi connectivity index (χ0v) is 15.0. The summed E-state index contributed by atoms with van der Waals surface area (Å²) >= 11 is 0. The Kier molecular flexibility index (Phi) is 5.01. The minimum Gasteiger partial charge on any atom is -0.306 e. The monoisotopic (exact) mass is 310 g/mol. The molecule has 124 valence electrons. The van der Waals surface area contributed by atoms with Gasteiger partial charge < -0.3 is 4.90 Å². The predicted octanol–water partition coefficient (Wildman–Crippen LogP) is 4.88. The summed E-state index contributed by atoms with van der Waals surface area (Å²) in [5.74, 6) is 2.12. The van der Waals surface area contributed by atoms with Gasteiger partial charge in [-0.15, -0.1) is 0 Å². The minimum absolute atomic E-state index is 0.670. The average Bonchev–Trinajstić information content (AvgIpc) is 2.53. The van der Waals surface area contributed by atoms with Crippen molar-refractivity contribution in [3.05, 3.63) is 41.6 Å². The number of rotatable bonds is 4. The number of fused-ring (bicyclic) bond motifs is 1. The molecule has 1 aliphatic rings. The van der Waals surface area contributed by atoms with Crippen molar-refractivity contribution in [3.8, 4) is 0 Å². The fourth-order valence-electron chi connectivity index (χ4n) is 4.05. The molecule has 2 atom stereocenters. The summed E-state index contributed by atoms with van der Waals surface area (Å²) in [5.41, 5.74) is 3.99. The summed E-state index contributed by atoms with van der Waals surface area (Å²) < 4.78 is 0. The fourth-order valence-corrected chi connectivity index (χ4v) is 4.05. The van der Waals surface area contributed by atoms with Gasteiger partial charge in [0.05, 0.1) is 5.52 Å². The van der Waals surface area contributed by atoms with Gasteiger partial charge in [-0.3, -0.25) is 4.98 Å². The first-order chi connectivity index (χ1) is 11.1. The number of hydrogen-bond donors (Lipinski definition) is 0. The van der Waals surface area contributed by atoms with Gasteiger partial charge in [0.15, 0.2) is 0 Å². The molecule has 0 saturated carbocycles. The first-order valence-corrected chi connectivity index (χ1v) is 9.14. The largest absolute Gasteiger partial charge is 0.306 e. The molecule has 1 aromatic heterocycles. The van der Waals surface area contributed by atoms with Crippen LogP contribution in [0.2, 0.25) is 0 Å². The van der Waals surface area contributed by atoms with Crippen LogP contribution in [0.4, 0.5) is 0 Å². The molecular formula is C21H30N2. The van der Waals surface area contributed by atoms with E-state index in [1.165, 1.54) is 42.4 Å². The molecule has 2 heteroatoms. The third-order valence-corrected chi connectivity index (χ3v) is 5.30. The molecule has 3 rings (SSSR count). The van der Waals surface area contributed by atoms with Gasteiger partial charge in [0.1, 0.15) is 0 Å². The lowest BCUT2D eigenvalue weighted by atomic mass is 9.79. The first-order valence-electron chi connectivity index (χ1n) is 9.14. The lowest BCUT2D eigenvalue weighted by Gasteiger charge is -2.36. The number of piperidine rings is 1. The van der Waals surface area contributed by atoms with Crippen molar-refractivity contribution in [2.24, 2.45) is 11.8 Å². The Labute approximate surface area is 140 Å². The van der Waals surface area contributed by atoms with Crippen molar-refractivity contribution in [2.45, 2.75) is 46.0 Å². The molecule has 0 bridgehead atoms. The second kappa shape index (κ2) is 7.00. The number of hydrogen-bond acceptors (Lipinski definition) is 2. The Morgan fingerprint density at radius 1 is 1.26 bits per heavy atom. The van der Waals surface area contributed by atoms with Gasteiger partial charge in [-0.1, -0.05) is 39.3 Å². The third-order valence-electron chi connectivity index (χ3n) is 5.30. The van der Waals surface area contributed by atoms with Gasteiger partial charge in [0, 0.05) is 18.1 Å². The lowest BCUT2D eigenvalue weighted by Crippen LogP contribution is -2.36. The summed E-state index contributed by atoms with van der Waals surface area (Å²) in [6, 6.07) is 9.20. The molecule has 0 radical (unpaired) electrons. The topological polar surface area (TPSA) is 16.1 Å². The summed E-state index contributed by atoms with van der Waals surface area (Å²) in [6.45, 7) is 9.28. The van der Waals surface area contributed by atoms with E-state index >= 15 is 0 Å². The van der Waals surface area contributed by atoms with Gasteiger partial charge in [0.25, 0.3) is 0 Å². The fraction of sp³-hybridized carbons (Fsp3) is 0.571. The molecule has 0 aliphatic carbocycles. The maximum absolute atomic E-state index is 4.80. The van der Waals surface area contributed by atoms with Crippen molar-refractivity contribution in [1.82, 2.24) is 9.88 Å². The summed E-state index contributed by atoms with van der Waals surface area (Å²) in [4.78, 5) is 7.27. The number of pyridine rings is 1. The van der Waals surface area contributed by atoms with E-state index in [1.807, 2.05) is 0 Å². The van der Waals surface area contributed by atoms with Crippen LogP contribution in [0.15, 0.2) is 30.5 Å². The molecular weight excluding hydrogens is 280 g/mol. The molecule has 2 nitrogen and oxygen atoms in total. The smallest absolute Gasteiger partial charge is 0.0704 e. The van der Waals surface area contributed by atoms with Crippen LogP contribution < -0.4 is 0 Å². The number of benzene rings is 1. The maximum atomic E-state index is 4.80. The van der Waals surface area contributed by atoms with Crippen LogP contribution in [-0.4, -0.2) is 30.0 Å². The van der Waals surface area contributed by atoms with E-state index in [9.17, 15) is 0 Å². The molecule has 23 heavy (non-hydrogen) atoms. The van der Waals surface area contributed by atoms with E-state index in [2.05, 4.69) is 63.2 Å². The van der Waals surface area contributed by atoms with Gasteiger partial charge in [-0.2, -0.15) is 0 Å². The summed E-state index contributed by atoms with van der Waals surface area (Å²) in [7, 11) is 2.24. The van der Waals surface area contributed by atoms with Crippen LogP contribution in [0.1, 0.15) is 50.7 Å². The van der Waals surface area contributed by atoms with Gasteiger partial charge in [0.2, 0.25) is 0 Å². The van der Waals surface area contributed by atoms with Crippen molar-refractivity contribution in [2.75, 3.05) is 20.1 Å². The molecule has 0 N–H and O–H groups in total. The summed E-state index contributed by atoms with van der Waals surface area (Å²) in [6.07, 6.45) is 5.78. The maximum Gasteiger partial charge on any atom is 0.0704 e. The van der Waals surface area contributed by atoms with Crippen molar-refractivity contribution >= 4 is 10.9 Å². The highest BCUT2D eigenvalue weighted by molar-refractivity contribution is 5.79. The lowest BCUT2D eigenvalue weighted by molar-refractivity contribution is 0.180. The molecule has 2 unspecified atom stereocenters. The molecule has 1 saturated heterocycles. The molecule has 0 amide bonds. The second-order valence-corrected chi connectivity index (χ2v) is 7.72. The highest BCUT2D eigenvalue weighted by Crippen LogP contribution is 2.35. The minimum atomic E-state index is 0.670. The number of aromatic nitrogens is 1. The van der Waals surface area contributed by atoms with E-state index in [0.717, 1.165) is 17.9 Å². The van der Waals surface area contributed by atoms with Crippen LogP contribution in [0.25, 0.3) is 10.9 Å². The average molecular weight is 310 g/mol. The van der Waals surface area contributed by atoms with E-state index in [1.54, 1.807) is 0 Å². The van der Waals surface area contributed by atoms with Crippen LogP contribution >= 0.6 is 0 Å². The third kappa shape index (κ3) is 3.74. The molecule has 2 heterocycles. The molecule has 2 aromatic rings. The highest BCUT2D eigenvalue weighted by Gasteiger charge is 2.27. The van der Waals surface area contributed by atoms with E-state index in [4.69, 9.17) is 4.98 Å². The standard InChI is InChI=1S/C21H30N2/c1-5-17-14-23(4)9-8-20(17)19-12-18-7-6-16(10-15(2)3)11-21(18)22-13-19/h6-7,11-13,15,17,20H,5,8-10,14H2,1-4H3. The zero-order valence-electron chi connectivity index (χ0n) is 15.0. The predicted molar refractivity (Wildman–Crippen MR) is 98.9 cm³/mol. The van der Waals surface area contributed by atoms with Crippen LogP contribution in [0.3, 0.4) is 0 Å². The SMILES string of the molecule is CCC1CN(C)CCC1c1cnc2cc(CC(C)C)ccc2c1. The quantitative estimate of drug-likeness (QED) is 0.800. The molecule has 1 aromatic carbocycles. The van der Waals surface area contributed by atoms with E-state index in [-0.39, 0.29) is 0 Å². The van der Waals surface area contributed by atoms with Crippen molar-refractivity contribution in [3.63, 3.8) is 0 Å². The van der Waals surface area contributed by atoms with Crippen LogP contribution in [-0.2, 0) is 6.42 Å². The molecule has 0 spiro atoms. The Morgan fingerprint density at radius 2 is 2.09 bits per heavy atom. The van der Waals surface area contributed by atoms with Crippen LogP contribution in [0, 0.1) is 11.8 Å². The molecule has 1 fully saturated rings. The Bertz CT molecular complexity index is 662. The Balaban J connectivity index is 1.87. The molecule has 1 aliphatic heterocycles. The number of nitrogens with zero attached hydrogens (tertiary/aromatic N) is 2. The van der Waals surface area contributed by atoms with Crippen LogP contribution in [0.5, 0.6) is 0 Å².